The molecule has 3 aromatic carbocycles. The maximum Gasteiger partial charge on any atom is 0.315 e. The highest BCUT2D eigenvalue weighted by Crippen LogP contribution is 2.35. The molecule has 4 heteroatoms. The summed E-state index contributed by atoms with van der Waals surface area (Å²) in [4.78, 5) is 12.2. The number of fused-ring (bicyclic) bond motifs is 2. The number of hydrogen-bond donors (Lipinski definition) is 0. The van der Waals surface area contributed by atoms with Crippen LogP contribution in [0.2, 0.25) is 0 Å². The summed E-state index contributed by atoms with van der Waals surface area (Å²) in [6.45, 7) is 0.197. The summed E-state index contributed by atoms with van der Waals surface area (Å²) in [5, 5.41) is 2.18. The van der Waals surface area contributed by atoms with Gasteiger partial charge in [-0.25, -0.2) is 0 Å². The number of carbonyl (C=O) groups is 1. The van der Waals surface area contributed by atoms with Crippen LogP contribution in [-0.2, 0) is 11.2 Å². The van der Waals surface area contributed by atoms with Crippen molar-refractivity contribution < 1.29 is 19.0 Å². The van der Waals surface area contributed by atoms with E-state index in [9.17, 15) is 4.79 Å². The van der Waals surface area contributed by atoms with E-state index < -0.39 is 0 Å². The van der Waals surface area contributed by atoms with Gasteiger partial charge in [-0.2, -0.15) is 0 Å². The zero-order chi connectivity index (χ0) is 15.6. The van der Waals surface area contributed by atoms with Crippen molar-refractivity contribution >= 4 is 16.7 Å². The van der Waals surface area contributed by atoms with Crippen molar-refractivity contribution in [3.63, 3.8) is 0 Å². The van der Waals surface area contributed by atoms with E-state index in [0.29, 0.717) is 17.2 Å². The number of benzene rings is 3. The maximum atomic E-state index is 12.2. The van der Waals surface area contributed by atoms with E-state index in [4.69, 9.17) is 14.2 Å². The number of hydrogen-bond acceptors (Lipinski definition) is 4. The predicted octanol–water partition coefficient (Wildman–Crippen LogP) is 3.72. The van der Waals surface area contributed by atoms with Gasteiger partial charge in [0.25, 0.3) is 0 Å². The number of ether oxygens (including phenoxy) is 3. The Morgan fingerprint density at radius 2 is 1.78 bits per heavy atom. The minimum atomic E-state index is -0.305. The summed E-state index contributed by atoms with van der Waals surface area (Å²) in [7, 11) is 0. The number of rotatable bonds is 3. The van der Waals surface area contributed by atoms with E-state index in [0.717, 1.165) is 16.3 Å². The molecule has 4 nitrogen and oxygen atoms in total. The normalized spacial score (nSPS) is 12.3. The molecule has 0 N–H and O–H groups in total. The second-order valence-corrected chi connectivity index (χ2v) is 5.30. The third-order valence-corrected chi connectivity index (χ3v) is 3.79. The monoisotopic (exact) mass is 306 g/mol. The van der Waals surface area contributed by atoms with Gasteiger partial charge < -0.3 is 14.2 Å². The molecule has 0 amide bonds. The Kier molecular flexibility index (Phi) is 3.35. The summed E-state index contributed by atoms with van der Waals surface area (Å²) >= 11 is 0. The Balaban J connectivity index is 1.53. The number of carbonyl (C=O) groups excluding carboxylic acids is 1. The van der Waals surface area contributed by atoms with E-state index >= 15 is 0 Å². The fourth-order valence-electron chi connectivity index (χ4n) is 2.71. The lowest BCUT2D eigenvalue weighted by Crippen LogP contribution is -2.11. The van der Waals surface area contributed by atoms with Gasteiger partial charge in [0, 0.05) is 6.07 Å². The van der Waals surface area contributed by atoms with Crippen molar-refractivity contribution in [2.75, 3.05) is 6.79 Å². The zero-order valence-electron chi connectivity index (χ0n) is 12.3. The molecule has 1 heterocycles. The summed E-state index contributed by atoms with van der Waals surface area (Å²) in [6.07, 6.45) is 0.218. The lowest BCUT2D eigenvalue weighted by atomic mass is 10.0. The highest BCUT2D eigenvalue weighted by atomic mass is 16.7. The van der Waals surface area contributed by atoms with Crippen LogP contribution >= 0.6 is 0 Å². The van der Waals surface area contributed by atoms with E-state index in [1.54, 1.807) is 18.2 Å². The zero-order valence-corrected chi connectivity index (χ0v) is 12.3. The molecule has 3 aromatic rings. The molecule has 0 saturated heterocycles. The lowest BCUT2D eigenvalue weighted by Gasteiger charge is -2.07. The van der Waals surface area contributed by atoms with Gasteiger partial charge in [0.2, 0.25) is 6.79 Å². The SMILES string of the molecule is O=C(Cc1cccc2ccccc12)Oc1ccc2c(c1)OCO2. The first-order valence-electron chi connectivity index (χ1n) is 7.36. The van der Waals surface area contributed by atoms with Gasteiger partial charge in [-0.05, 0) is 28.5 Å². The largest absolute Gasteiger partial charge is 0.454 e. The first-order valence-corrected chi connectivity index (χ1v) is 7.36. The topological polar surface area (TPSA) is 44.8 Å². The highest BCUT2D eigenvalue weighted by molar-refractivity contribution is 5.89. The highest BCUT2D eigenvalue weighted by Gasteiger charge is 2.15. The van der Waals surface area contributed by atoms with E-state index in [1.807, 2.05) is 42.5 Å². The Bertz CT molecular complexity index is 880. The molecule has 1 aliphatic rings. The van der Waals surface area contributed by atoms with Crippen LogP contribution in [0, 0.1) is 0 Å². The molecule has 0 saturated carbocycles. The Morgan fingerprint density at radius 3 is 2.74 bits per heavy atom. The molecular formula is C19H14O4. The maximum absolute atomic E-state index is 12.2. The summed E-state index contributed by atoms with van der Waals surface area (Å²) in [5.41, 5.74) is 0.953. The first-order chi connectivity index (χ1) is 11.3. The van der Waals surface area contributed by atoms with Crippen LogP contribution in [0.15, 0.2) is 60.7 Å². The second kappa shape index (κ2) is 5.65. The van der Waals surface area contributed by atoms with Gasteiger partial charge >= 0.3 is 5.97 Å². The lowest BCUT2D eigenvalue weighted by molar-refractivity contribution is -0.133. The standard InChI is InChI=1S/C19H14O4/c20-19(23-15-8-9-17-18(11-15)22-12-21-17)10-14-6-3-5-13-4-1-2-7-16(13)14/h1-9,11H,10,12H2. The van der Waals surface area contributed by atoms with Gasteiger partial charge in [0.05, 0.1) is 6.42 Å². The van der Waals surface area contributed by atoms with E-state index in [1.165, 1.54) is 0 Å². The average Bonchev–Trinajstić information content (AvgIpc) is 3.03. The second-order valence-electron chi connectivity index (χ2n) is 5.30. The van der Waals surface area contributed by atoms with Gasteiger partial charge in [-0.3, -0.25) is 4.79 Å². The fraction of sp³-hybridized carbons (Fsp3) is 0.105. The smallest absolute Gasteiger partial charge is 0.315 e. The van der Waals surface area contributed by atoms with Crippen LogP contribution in [0.4, 0.5) is 0 Å². The van der Waals surface area contributed by atoms with Crippen LogP contribution in [0.25, 0.3) is 10.8 Å². The van der Waals surface area contributed by atoms with Crippen LogP contribution in [0.1, 0.15) is 5.56 Å². The molecule has 0 aromatic heterocycles. The van der Waals surface area contributed by atoms with Crippen molar-refractivity contribution in [3.05, 3.63) is 66.2 Å². The molecule has 0 fully saturated rings. The van der Waals surface area contributed by atoms with Crippen LogP contribution < -0.4 is 14.2 Å². The molecule has 0 bridgehead atoms. The van der Waals surface area contributed by atoms with Crippen LogP contribution in [-0.4, -0.2) is 12.8 Å². The van der Waals surface area contributed by atoms with Crippen LogP contribution in [0.5, 0.6) is 17.2 Å². The molecule has 0 spiro atoms. The summed E-state index contributed by atoms with van der Waals surface area (Å²) in [6, 6.07) is 19.0. The molecule has 1 aliphatic heterocycles. The van der Waals surface area contributed by atoms with Gasteiger partial charge in [-0.15, -0.1) is 0 Å². The Labute approximate surface area is 133 Å². The quantitative estimate of drug-likeness (QED) is 0.546. The minimum absolute atomic E-state index is 0.197. The molecule has 0 unspecified atom stereocenters. The first kappa shape index (κ1) is 13.6. The third kappa shape index (κ3) is 2.71. The van der Waals surface area contributed by atoms with Crippen LogP contribution in [0.3, 0.4) is 0 Å². The Hall–Kier alpha value is -3.01. The molecule has 0 atom stereocenters. The van der Waals surface area contributed by atoms with Crippen molar-refractivity contribution in [1.29, 1.82) is 0 Å². The molecular weight excluding hydrogens is 292 g/mol. The molecule has 0 aliphatic carbocycles. The fourth-order valence-corrected chi connectivity index (χ4v) is 2.71. The molecule has 114 valence electrons. The summed E-state index contributed by atoms with van der Waals surface area (Å²) < 4.78 is 15.9. The third-order valence-electron chi connectivity index (χ3n) is 3.79. The molecule has 23 heavy (non-hydrogen) atoms. The average molecular weight is 306 g/mol. The van der Waals surface area contributed by atoms with E-state index in [2.05, 4.69) is 0 Å². The van der Waals surface area contributed by atoms with Gasteiger partial charge in [0.1, 0.15) is 5.75 Å². The van der Waals surface area contributed by atoms with E-state index in [-0.39, 0.29) is 19.2 Å². The summed E-state index contributed by atoms with van der Waals surface area (Å²) in [5.74, 6) is 1.42. The number of esters is 1. The predicted molar refractivity (Wildman–Crippen MR) is 85.9 cm³/mol. The van der Waals surface area contributed by atoms with Crippen molar-refractivity contribution in [1.82, 2.24) is 0 Å². The van der Waals surface area contributed by atoms with Crippen molar-refractivity contribution in [2.24, 2.45) is 0 Å². The van der Waals surface area contributed by atoms with Gasteiger partial charge in [-0.1, -0.05) is 42.5 Å². The molecule has 4 rings (SSSR count). The van der Waals surface area contributed by atoms with Crippen molar-refractivity contribution in [2.45, 2.75) is 6.42 Å². The molecule has 0 radical (unpaired) electrons. The van der Waals surface area contributed by atoms with Crippen molar-refractivity contribution in [3.8, 4) is 17.2 Å². The Morgan fingerprint density at radius 1 is 0.957 bits per heavy atom. The minimum Gasteiger partial charge on any atom is -0.454 e. The van der Waals surface area contributed by atoms with Gasteiger partial charge in [0.15, 0.2) is 11.5 Å².